The Labute approximate surface area is 106 Å². The molecule has 0 radical (unpaired) electrons. The maximum atomic E-state index is 13.0. The van der Waals surface area contributed by atoms with Crippen molar-refractivity contribution in [2.24, 2.45) is 0 Å². The molecule has 0 fully saturated rings. The third kappa shape index (κ3) is 3.12. The fourth-order valence-corrected chi connectivity index (χ4v) is 1.76. The summed E-state index contributed by atoms with van der Waals surface area (Å²) >= 11 is 4.25. The number of hydrogen-bond donors (Lipinski definition) is 1. The first kappa shape index (κ1) is 11.8. The van der Waals surface area contributed by atoms with Crippen LogP contribution >= 0.6 is 12.6 Å². The van der Waals surface area contributed by atoms with Gasteiger partial charge in [0.15, 0.2) is 0 Å². The SMILES string of the molecule is Fc1cccc(C#Cc2ccccc2CS)c1. The third-order valence-corrected chi connectivity index (χ3v) is 2.69. The van der Waals surface area contributed by atoms with Crippen molar-refractivity contribution in [3.63, 3.8) is 0 Å². The van der Waals surface area contributed by atoms with Crippen molar-refractivity contribution in [3.8, 4) is 11.8 Å². The monoisotopic (exact) mass is 242 g/mol. The van der Waals surface area contributed by atoms with Gasteiger partial charge in [-0.2, -0.15) is 12.6 Å². The normalized spacial score (nSPS) is 9.53. The molecule has 0 amide bonds. The molecule has 0 aliphatic rings. The van der Waals surface area contributed by atoms with Gasteiger partial charge in [-0.3, -0.25) is 0 Å². The van der Waals surface area contributed by atoms with Crippen molar-refractivity contribution >= 4 is 12.6 Å². The summed E-state index contributed by atoms with van der Waals surface area (Å²) in [5, 5.41) is 0. The van der Waals surface area contributed by atoms with E-state index in [1.54, 1.807) is 12.1 Å². The zero-order valence-corrected chi connectivity index (χ0v) is 10.0. The Kier molecular flexibility index (Phi) is 3.85. The number of benzene rings is 2. The van der Waals surface area contributed by atoms with E-state index in [4.69, 9.17) is 0 Å². The van der Waals surface area contributed by atoms with Gasteiger partial charge in [-0.05, 0) is 29.8 Å². The van der Waals surface area contributed by atoms with Crippen LogP contribution in [0.2, 0.25) is 0 Å². The molecule has 0 saturated carbocycles. The molecule has 0 saturated heterocycles. The molecule has 0 unspecified atom stereocenters. The fourth-order valence-electron chi connectivity index (χ4n) is 1.49. The van der Waals surface area contributed by atoms with Gasteiger partial charge in [0.2, 0.25) is 0 Å². The minimum atomic E-state index is -0.265. The van der Waals surface area contributed by atoms with E-state index in [0.717, 1.165) is 11.1 Å². The van der Waals surface area contributed by atoms with Crippen LogP contribution in [0.3, 0.4) is 0 Å². The van der Waals surface area contributed by atoms with Gasteiger partial charge in [-0.25, -0.2) is 4.39 Å². The van der Waals surface area contributed by atoms with Gasteiger partial charge in [0.25, 0.3) is 0 Å². The Morgan fingerprint density at radius 3 is 2.59 bits per heavy atom. The molecule has 0 atom stereocenters. The molecule has 0 bridgehead atoms. The van der Waals surface area contributed by atoms with Gasteiger partial charge < -0.3 is 0 Å². The van der Waals surface area contributed by atoms with Crippen LogP contribution in [0.5, 0.6) is 0 Å². The summed E-state index contributed by atoms with van der Waals surface area (Å²) in [6, 6.07) is 14.1. The van der Waals surface area contributed by atoms with Crippen LogP contribution in [0, 0.1) is 17.7 Å². The van der Waals surface area contributed by atoms with Crippen LogP contribution in [0.1, 0.15) is 16.7 Å². The smallest absolute Gasteiger partial charge is 0.124 e. The molecule has 0 aliphatic carbocycles. The maximum absolute atomic E-state index is 13.0. The lowest BCUT2D eigenvalue weighted by Crippen LogP contribution is -1.85. The first-order valence-corrected chi connectivity index (χ1v) is 5.89. The summed E-state index contributed by atoms with van der Waals surface area (Å²) in [7, 11) is 0. The van der Waals surface area contributed by atoms with E-state index in [2.05, 4.69) is 24.5 Å². The number of hydrogen-bond acceptors (Lipinski definition) is 1. The first-order valence-electron chi connectivity index (χ1n) is 5.26. The first-order chi connectivity index (χ1) is 8.29. The molecule has 0 aromatic heterocycles. The van der Waals surface area contributed by atoms with Crippen molar-refractivity contribution in [1.82, 2.24) is 0 Å². The van der Waals surface area contributed by atoms with E-state index >= 15 is 0 Å². The van der Waals surface area contributed by atoms with Crippen molar-refractivity contribution < 1.29 is 4.39 Å². The lowest BCUT2D eigenvalue weighted by atomic mass is 10.1. The van der Waals surface area contributed by atoms with Crippen molar-refractivity contribution in [3.05, 3.63) is 71.0 Å². The predicted octanol–water partition coefficient (Wildman–Crippen LogP) is 3.66. The highest BCUT2D eigenvalue weighted by molar-refractivity contribution is 7.79. The Hall–Kier alpha value is -1.72. The van der Waals surface area contributed by atoms with E-state index < -0.39 is 0 Å². The summed E-state index contributed by atoms with van der Waals surface area (Å²) in [6.07, 6.45) is 0. The second-order valence-corrected chi connectivity index (χ2v) is 3.89. The van der Waals surface area contributed by atoms with Gasteiger partial charge in [-0.15, -0.1) is 0 Å². The van der Waals surface area contributed by atoms with Crippen molar-refractivity contribution in [2.45, 2.75) is 5.75 Å². The molecule has 2 heteroatoms. The summed E-state index contributed by atoms with van der Waals surface area (Å²) in [5.41, 5.74) is 2.70. The molecule has 2 rings (SSSR count). The fraction of sp³-hybridized carbons (Fsp3) is 0.0667. The molecule has 2 aromatic carbocycles. The average Bonchev–Trinajstić information content (AvgIpc) is 2.37. The Morgan fingerprint density at radius 2 is 1.82 bits per heavy atom. The third-order valence-electron chi connectivity index (χ3n) is 2.35. The maximum Gasteiger partial charge on any atom is 0.124 e. The van der Waals surface area contributed by atoms with Crippen LogP contribution in [0.15, 0.2) is 48.5 Å². The van der Waals surface area contributed by atoms with E-state index in [1.807, 2.05) is 24.3 Å². The molecule has 0 N–H and O–H groups in total. The molecule has 2 aromatic rings. The minimum Gasteiger partial charge on any atom is -0.207 e. The molecule has 0 spiro atoms. The summed E-state index contributed by atoms with van der Waals surface area (Å²) in [4.78, 5) is 0. The number of thiol groups is 1. The van der Waals surface area contributed by atoms with Crippen LogP contribution in [0.4, 0.5) is 4.39 Å². The van der Waals surface area contributed by atoms with E-state index in [0.29, 0.717) is 11.3 Å². The zero-order chi connectivity index (χ0) is 12.1. The van der Waals surface area contributed by atoms with E-state index in [1.165, 1.54) is 12.1 Å². The molecule has 0 nitrogen and oxygen atoms in total. The van der Waals surface area contributed by atoms with E-state index in [9.17, 15) is 4.39 Å². The van der Waals surface area contributed by atoms with Gasteiger partial charge in [0.05, 0.1) is 0 Å². The van der Waals surface area contributed by atoms with Gasteiger partial charge in [-0.1, -0.05) is 36.1 Å². The largest absolute Gasteiger partial charge is 0.207 e. The van der Waals surface area contributed by atoms with Crippen LogP contribution in [-0.4, -0.2) is 0 Å². The zero-order valence-electron chi connectivity index (χ0n) is 9.15. The predicted molar refractivity (Wildman–Crippen MR) is 71.5 cm³/mol. The lowest BCUT2D eigenvalue weighted by Gasteiger charge is -1.98. The summed E-state index contributed by atoms with van der Waals surface area (Å²) < 4.78 is 13.0. The summed E-state index contributed by atoms with van der Waals surface area (Å²) in [6.45, 7) is 0. The number of rotatable bonds is 1. The number of halogens is 1. The van der Waals surface area contributed by atoms with Crippen LogP contribution < -0.4 is 0 Å². The molecule has 0 heterocycles. The standard InChI is InChI=1S/C15H11FS/c16-15-7-3-4-12(10-15)8-9-13-5-1-2-6-14(13)11-17/h1-7,10,17H,11H2. The Morgan fingerprint density at radius 1 is 1.00 bits per heavy atom. The van der Waals surface area contributed by atoms with Crippen LogP contribution in [0.25, 0.3) is 0 Å². The summed E-state index contributed by atoms with van der Waals surface area (Å²) in [5.74, 6) is 6.38. The van der Waals surface area contributed by atoms with Gasteiger partial charge >= 0.3 is 0 Å². The van der Waals surface area contributed by atoms with Crippen molar-refractivity contribution in [2.75, 3.05) is 0 Å². The average molecular weight is 242 g/mol. The highest BCUT2D eigenvalue weighted by atomic mass is 32.1. The second-order valence-electron chi connectivity index (χ2n) is 3.58. The minimum absolute atomic E-state index is 0.265. The van der Waals surface area contributed by atoms with Crippen molar-refractivity contribution in [1.29, 1.82) is 0 Å². The molecular weight excluding hydrogens is 231 g/mol. The molecule has 84 valence electrons. The van der Waals surface area contributed by atoms with Gasteiger partial charge in [0, 0.05) is 16.9 Å². The highest BCUT2D eigenvalue weighted by Crippen LogP contribution is 2.10. The van der Waals surface area contributed by atoms with E-state index in [-0.39, 0.29) is 5.82 Å². The Balaban J connectivity index is 2.33. The topological polar surface area (TPSA) is 0 Å². The molecular formula is C15H11FS. The second kappa shape index (κ2) is 5.56. The molecule has 0 aliphatic heterocycles. The Bertz CT molecular complexity index is 579. The molecule has 17 heavy (non-hydrogen) atoms. The lowest BCUT2D eigenvalue weighted by molar-refractivity contribution is 0.627. The highest BCUT2D eigenvalue weighted by Gasteiger charge is 1.95. The van der Waals surface area contributed by atoms with Crippen LogP contribution in [-0.2, 0) is 5.75 Å². The van der Waals surface area contributed by atoms with Gasteiger partial charge in [0.1, 0.15) is 5.82 Å². The quantitative estimate of drug-likeness (QED) is 0.572.